The van der Waals surface area contributed by atoms with E-state index < -0.39 is 0 Å². The summed E-state index contributed by atoms with van der Waals surface area (Å²) < 4.78 is 5.26. The second kappa shape index (κ2) is 4.70. The van der Waals surface area contributed by atoms with Crippen molar-refractivity contribution in [1.82, 2.24) is 9.99 Å². The number of hydrogen-bond donors (Lipinski definition) is 2. The normalized spacial score (nSPS) is 16.8. The van der Waals surface area contributed by atoms with Crippen LogP contribution in [0.3, 0.4) is 0 Å². The first-order valence-electron chi connectivity index (χ1n) is 6.01. The first kappa shape index (κ1) is 11.1. The van der Waals surface area contributed by atoms with Gasteiger partial charge in [-0.25, -0.2) is 0 Å². The number of morpholine rings is 1. The zero-order valence-electron chi connectivity index (χ0n) is 9.97. The molecule has 2 N–H and O–H groups in total. The molecule has 18 heavy (non-hydrogen) atoms. The van der Waals surface area contributed by atoms with Crippen molar-refractivity contribution in [2.24, 2.45) is 5.10 Å². The monoisotopic (exact) mass is 245 g/mol. The number of aromatic hydroxyl groups is 1. The van der Waals surface area contributed by atoms with E-state index in [1.54, 1.807) is 6.21 Å². The van der Waals surface area contributed by atoms with E-state index >= 15 is 0 Å². The number of nitrogens with one attached hydrogen (secondary N) is 1. The van der Waals surface area contributed by atoms with Gasteiger partial charge >= 0.3 is 0 Å². The number of H-pyrrole nitrogens is 1. The van der Waals surface area contributed by atoms with Crippen molar-refractivity contribution in [3.63, 3.8) is 0 Å². The van der Waals surface area contributed by atoms with Gasteiger partial charge in [-0.1, -0.05) is 18.2 Å². The summed E-state index contributed by atoms with van der Waals surface area (Å²) in [4.78, 5) is 2.94. The van der Waals surface area contributed by atoms with Gasteiger partial charge < -0.3 is 14.8 Å². The van der Waals surface area contributed by atoms with Crippen LogP contribution in [0.1, 0.15) is 5.56 Å². The predicted molar refractivity (Wildman–Crippen MR) is 69.9 cm³/mol. The molecule has 5 nitrogen and oxygen atoms in total. The Morgan fingerprint density at radius 3 is 2.89 bits per heavy atom. The highest BCUT2D eigenvalue weighted by molar-refractivity contribution is 6.01. The van der Waals surface area contributed by atoms with Gasteiger partial charge in [0.2, 0.25) is 0 Å². The van der Waals surface area contributed by atoms with Gasteiger partial charge in [0, 0.05) is 10.9 Å². The Morgan fingerprint density at radius 1 is 1.28 bits per heavy atom. The molecule has 1 aliphatic heterocycles. The van der Waals surface area contributed by atoms with Crippen LogP contribution in [0.4, 0.5) is 0 Å². The van der Waals surface area contributed by atoms with Crippen molar-refractivity contribution in [2.45, 2.75) is 0 Å². The van der Waals surface area contributed by atoms with Gasteiger partial charge in [-0.3, -0.25) is 5.01 Å². The molecule has 2 aromatic rings. The molecule has 1 fully saturated rings. The fourth-order valence-corrected chi connectivity index (χ4v) is 2.09. The van der Waals surface area contributed by atoms with Gasteiger partial charge in [0.25, 0.3) is 0 Å². The third-order valence-electron chi connectivity index (χ3n) is 3.06. The van der Waals surface area contributed by atoms with Crippen LogP contribution in [-0.2, 0) is 4.74 Å². The lowest BCUT2D eigenvalue weighted by molar-refractivity contribution is 0.0397. The highest BCUT2D eigenvalue weighted by Gasteiger charge is 2.10. The second-order valence-corrected chi connectivity index (χ2v) is 4.24. The fourth-order valence-electron chi connectivity index (χ4n) is 2.09. The Morgan fingerprint density at radius 2 is 2.06 bits per heavy atom. The summed E-state index contributed by atoms with van der Waals surface area (Å²) in [7, 11) is 0. The van der Waals surface area contributed by atoms with Crippen LogP contribution in [0.25, 0.3) is 10.9 Å². The van der Waals surface area contributed by atoms with Gasteiger partial charge in [0.05, 0.1) is 38.1 Å². The van der Waals surface area contributed by atoms with Crippen LogP contribution >= 0.6 is 0 Å². The molecule has 0 unspecified atom stereocenters. The molecule has 0 aliphatic carbocycles. The summed E-state index contributed by atoms with van der Waals surface area (Å²) in [5.41, 5.74) is 1.65. The molecule has 0 atom stereocenters. The number of para-hydroxylation sites is 1. The van der Waals surface area contributed by atoms with Crippen LogP contribution in [0.5, 0.6) is 5.88 Å². The van der Waals surface area contributed by atoms with Crippen molar-refractivity contribution < 1.29 is 9.84 Å². The Balaban J connectivity index is 1.89. The first-order chi connectivity index (χ1) is 8.84. The van der Waals surface area contributed by atoms with Crippen LogP contribution in [0.15, 0.2) is 29.4 Å². The van der Waals surface area contributed by atoms with E-state index in [4.69, 9.17) is 4.74 Å². The minimum absolute atomic E-state index is 0.160. The van der Waals surface area contributed by atoms with Crippen molar-refractivity contribution in [1.29, 1.82) is 0 Å². The van der Waals surface area contributed by atoms with Gasteiger partial charge in [0.15, 0.2) is 5.88 Å². The van der Waals surface area contributed by atoms with Crippen LogP contribution in [0.2, 0.25) is 0 Å². The van der Waals surface area contributed by atoms with Crippen molar-refractivity contribution in [3.05, 3.63) is 29.8 Å². The third kappa shape index (κ3) is 2.04. The number of benzene rings is 1. The fraction of sp³-hybridized carbons (Fsp3) is 0.308. The lowest BCUT2D eigenvalue weighted by Gasteiger charge is -2.23. The highest BCUT2D eigenvalue weighted by Crippen LogP contribution is 2.25. The van der Waals surface area contributed by atoms with Crippen molar-refractivity contribution >= 4 is 17.1 Å². The van der Waals surface area contributed by atoms with E-state index in [9.17, 15) is 5.11 Å². The summed E-state index contributed by atoms with van der Waals surface area (Å²) in [5, 5.41) is 17.2. The first-order valence-corrected chi connectivity index (χ1v) is 6.01. The zero-order valence-corrected chi connectivity index (χ0v) is 9.97. The van der Waals surface area contributed by atoms with E-state index in [-0.39, 0.29) is 5.88 Å². The molecule has 0 saturated carbocycles. The third-order valence-corrected chi connectivity index (χ3v) is 3.06. The number of fused-ring (bicyclic) bond motifs is 1. The zero-order chi connectivity index (χ0) is 12.4. The molecule has 2 heterocycles. The van der Waals surface area contributed by atoms with E-state index in [1.807, 2.05) is 29.3 Å². The molecular weight excluding hydrogens is 230 g/mol. The maximum absolute atomic E-state index is 9.87. The maximum atomic E-state index is 9.87. The van der Waals surface area contributed by atoms with Gasteiger partial charge in [0.1, 0.15) is 0 Å². The number of hydrazone groups is 1. The average Bonchev–Trinajstić information content (AvgIpc) is 2.73. The Labute approximate surface area is 105 Å². The van der Waals surface area contributed by atoms with Gasteiger partial charge in [-0.2, -0.15) is 5.10 Å². The highest BCUT2D eigenvalue weighted by atomic mass is 16.5. The molecule has 0 amide bonds. The van der Waals surface area contributed by atoms with E-state index in [0.717, 1.165) is 29.6 Å². The summed E-state index contributed by atoms with van der Waals surface area (Å²) >= 11 is 0. The molecule has 1 aliphatic rings. The topological polar surface area (TPSA) is 60.8 Å². The Kier molecular flexibility index (Phi) is 2.90. The molecule has 94 valence electrons. The van der Waals surface area contributed by atoms with Crippen molar-refractivity contribution in [3.8, 4) is 5.88 Å². The quantitative estimate of drug-likeness (QED) is 0.789. The lowest BCUT2D eigenvalue weighted by Crippen LogP contribution is -2.32. The van der Waals surface area contributed by atoms with Crippen LogP contribution in [-0.4, -0.2) is 47.6 Å². The summed E-state index contributed by atoms with van der Waals surface area (Å²) in [6.07, 6.45) is 1.71. The second-order valence-electron chi connectivity index (χ2n) is 4.24. The molecule has 0 bridgehead atoms. The Bertz CT molecular complexity index is 571. The number of ether oxygens (including phenoxy) is 1. The summed E-state index contributed by atoms with van der Waals surface area (Å²) in [5.74, 6) is 0.160. The minimum Gasteiger partial charge on any atom is -0.494 e. The molecule has 5 heteroatoms. The van der Waals surface area contributed by atoms with Gasteiger partial charge in [-0.15, -0.1) is 0 Å². The molecule has 1 aromatic carbocycles. The van der Waals surface area contributed by atoms with Gasteiger partial charge in [-0.05, 0) is 6.07 Å². The largest absolute Gasteiger partial charge is 0.494 e. The summed E-state index contributed by atoms with van der Waals surface area (Å²) in [6.45, 7) is 2.99. The number of hydrogen-bond acceptors (Lipinski definition) is 4. The smallest absolute Gasteiger partial charge is 0.198 e. The number of rotatable bonds is 2. The predicted octanol–water partition coefficient (Wildman–Crippen LogP) is 1.54. The molecule has 3 rings (SSSR count). The Hall–Kier alpha value is -2.01. The molecular formula is C13H15N3O2. The maximum Gasteiger partial charge on any atom is 0.198 e. The molecule has 1 saturated heterocycles. The van der Waals surface area contributed by atoms with Crippen LogP contribution < -0.4 is 0 Å². The summed E-state index contributed by atoms with van der Waals surface area (Å²) in [6, 6.07) is 7.77. The minimum atomic E-state index is 0.160. The van der Waals surface area contributed by atoms with E-state index in [1.165, 1.54) is 0 Å². The number of aromatic nitrogens is 1. The van der Waals surface area contributed by atoms with Crippen molar-refractivity contribution in [2.75, 3.05) is 26.3 Å². The number of aromatic amines is 1. The standard InChI is InChI=1S/C13H15N3O2/c17-13-11(9-14-16-5-7-18-8-6-16)10-3-1-2-4-12(10)15-13/h1-4,9,15,17H,5-8H2. The molecule has 1 aromatic heterocycles. The SMILES string of the molecule is Oc1[nH]c2ccccc2c1C=NN1CCOCC1. The molecule has 0 spiro atoms. The molecule has 0 radical (unpaired) electrons. The lowest BCUT2D eigenvalue weighted by atomic mass is 10.2. The number of nitrogens with zero attached hydrogens (tertiary/aromatic N) is 2. The van der Waals surface area contributed by atoms with E-state index in [2.05, 4.69) is 10.1 Å². The van der Waals surface area contributed by atoms with E-state index in [0.29, 0.717) is 13.2 Å². The average molecular weight is 245 g/mol. The van der Waals surface area contributed by atoms with Crippen LogP contribution in [0, 0.1) is 0 Å².